The van der Waals surface area contributed by atoms with E-state index in [1.54, 1.807) is 0 Å². The van der Waals surface area contributed by atoms with Gasteiger partial charge in [-0.05, 0) is 6.42 Å². The maximum atomic E-state index is 9.87. The van der Waals surface area contributed by atoms with Crippen LogP contribution in [0.2, 0.25) is 0 Å². The van der Waals surface area contributed by atoms with Crippen molar-refractivity contribution in [3.63, 3.8) is 0 Å². The Kier molecular flexibility index (Phi) is 8.22. The lowest BCUT2D eigenvalue weighted by atomic mass is 10.4. The van der Waals surface area contributed by atoms with Crippen molar-refractivity contribution in [1.82, 2.24) is 15.0 Å². The first-order valence-electron chi connectivity index (χ1n) is 4.24. The molecule has 1 rings (SSSR count). The normalized spacial score (nSPS) is 8.36. The summed E-state index contributed by atoms with van der Waals surface area (Å²) in [7, 11) is 0. The molecule has 6 heteroatoms. The van der Waals surface area contributed by atoms with E-state index in [2.05, 4.69) is 25.4 Å². The summed E-state index contributed by atoms with van der Waals surface area (Å²) in [5.74, 6) is 0. The minimum absolute atomic E-state index is 0.450. The Morgan fingerprint density at radius 3 is 2.07 bits per heavy atom. The van der Waals surface area contributed by atoms with E-state index < -0.39 is 6.09 Å². The molecule has 0 bridgehead atoms. The van der Waals surface area contributed by atoms with Crippen molar-refractivity contribution in [2.75, 3.05) is 6.61 Å². The highest BCUT2D eigenvalue weighted by atomic mass is 16.5. The number of aromatic nitrogens is 3. The summed E-state index contributed by atoms with van der Waals surface area (Å²) in [6.07, 6.45) is 5.54. The minimum Gasteiger partial charge on any atom is -0.450 e. The molecule has 0 saturated carbocycles. The van der Waals surface area contributed by atoms with Gasteiger partial charge >= 0.3 is 6.09 Å². The summed E-state index contributed by atoms with van der Waals surface area (Å²) in [6.45, 7) is 2.47. The van der Waals surface area contributed by atoms with E-state index in [9.17, 15) is 4.79 Å². The van der Waals surface area contributed by atoms with E-state index in [1.807, 2.05) is 6.92 Å². The molecule has 1 heterocycles. The van der Waals surface area contributed by atoms with E-state index in [1.165, 1.54) is 19.0 Å². The highest BCUT2D eigenvalue weighted by molar-refractivity contribution is 5.64. The SMILES string of the molecule is CCCCOC(N)=O.c1ncncn1. The average Bonchev–Trinajstić information content (AvgIpc) is 2.21. The van der Waals surface area contributed by atoms with E-state index >= 15 is 0 Å². The molecule has 0 radical (unpaired) electrons. The smallest absolute Gasteiger partial charge is 0.404 e. The van der Waals surface area contributed by atoms with Crippen molar-refractivity contribution in [3.05, 3.63) is 19.0 Å². The van der Waals surface area contributed by atoms with Gasteiger partial charge in [-0.25, -0.2) is 19.7 Å². The number of nitrogens with two attached hydrogens (primary N) is 1. The molecule has 2 N–H and O–H groups in total. The average molecular weight is 198 g/mol. The van der Waals surface area contributed by atoms with Crippen molar-refractivity contribution in [2.45, 2.75) is 19.8 Å². The van der Waals surface area contributed by atoms with Crippen LogP contribution in [-0.2, 0) is 4.74 Å². The van der Waals surface area contributed by atoms with Crippen molar-refractivity contribution < 1.29 is 9.53 Å². The third-order valence-corrected chi connectivity index (χ3v) is 1.14. The lowest BCUT2D eigenvalue weighted by Crippen LogP contribution is -2.13. The molecule has 1 amide bonds. The molecule has 0 spiro atoms. The molecule has 0 saturated heterocycles. The second-order valence-corrected chi connectivity index (χ2v) is 2.31. The Balaban J connectivity index is 0.000000249. The predicted octanol–water partition coefficient (Wildman–Crippen LogP) is 0.753. The molecule has 0 atom stereocenters. The van der Waals surface area contributed by atoms with Gasteiger partial charge in [-0.2, -0.15) is 0 Å². The molecule has 0 aliphatic heterocycles. The summed E-state index contributed by atoms with van der Waals surface area (Å²) in [6, 6.07) is 0. The molecule has 14 heavy (non-hydrogen) atoms. The fourth-order valence-corrected chi connectivity index (χ4v) is 0.522. The third kappa shape index (κ3) is 10.3. The predicted molar refractivity (Wildman–Crippen MR) is 50.3 cm³/mol. The number of hydrogen-bond donors (Lipinski definition) is 1. The fourth-order valence-electron chi connectivity index (χ4n) is 0.522. The van der Waals surface area contributed by atoms with Gasteiger partial charge in [0.25, 0.3) is 0 Å². The van der Waals surface area contributed by atoms with Gasteiger partial charge in [0.2, 0.25) is 0 Å². The number of unbranched alkanes of at least 4 members (excludes halogenated alkanes) is 1. The van der Waals surface area contributed by atoms with Crippen LogP contribution in [-0.4, -0.2) is 27.7 Å². The number of ether oxygens (including phenoxy) is 1. The van der Waals surface area contributed by atoms with Crippen LogP contribution in [0, 0.1) is 0 Å². The van der Waals surface area contributed by atoms with Crippen molar-refractivity contribution in [1.29, 1.82) is 0 Å². The molecule has 0 fully saturated rings. The molecule has 0 unspecified atom stereocenters. The van der Waals surface area contributed by atoms with Crippen LogP contribution >= 0.6 is 0 Å². The molecule has 1 aromatic heterocycles. The minimum atomic E-state index is -0.682. The summed E-state index contributed by atoms with van der Waals surface area (Å²) < 4.78 is 4.42. The molecular weight excluding hydrogens is 184 g/mol. The maximum absolute atomic E-state index is 9.87. The van der Waals surface area contributed by atoms with Crippen LogP contribution in [0.3, 0.4) is 0 Å². The second-order valence-electron chi connectivity index (χ2n) is 2.31. The van der Waals surface area contributed by atoms with E-state index in [0.717, 1.165) is 12.8 Å². The van der Waals surface area contributed by atoms with Crippen molar-refractivity contribution in [3.8, 4) is 0 Å². The maximum Gasteiger partial charge on any atom is 0.404 e. The number of nitrogens with zero attached hydrogens (tertiary/aromatic N) is 3. The van der Waals surface area contributed by atoms with Crippen LogP contribution in [0.4, 0.5) is 4.79 Å². The van der Waals surface area contributed by atoms with Crippen LogP contribution in [0.5, 0.6) is 0 Å². The van der Waals surface area contributed by atoms with Gasteiger partial charge in [0.15, 0.2) is 0 Å². The zero-order valence-electron chi connectivity index (χ0n) is 8.09. The fraction of sp³-hybridized carbons (Fsp3) is 0.500. The summed E-state index contributed by atoms with van der Waals surface area (Å²) in [5, 5.41) is 0. The topological polar surface area (TPSA) is 91.0 Å². The van der Waals surface area contributed by atoms with E-state index in [-0.39, 0.29) is 0 Å². The summed E-state index contributed by atoms with van der Waals surface area (Å²) in [5.41, 5.74) is 4.67. The van der Waals surface area contributed by atoms with Gasteiger partial charge in [-0.1, -0.05) is 13.3 Å². The molecular formula is C8H14N4O2. The first-order chi connectivity index (χ1) is 6.77. The summed E-state index contributed by atoms with van der Waals surface area (Å²) in [4.78, 5) is 20.6. The Hall–Kier alpha value is -1.72. The largest absolute Gasteiger partial charge is 0.450 e. The summed E-state index contributed by atoms with van der Waals surface area (Å²) >= 11 is 0. The number of rotatable bonds is 3. The van der Waals surface area contributed by atoms with Crippen LogP contribution < -0.4 is 5.73 Å². The highest BCUT2D eigenvalue weighted by Crippen LogP contribution is 1.85. The number of carbonyl (C=O) groups is 1. The third-order valence-electron chi connectivity index (χ3n) is 1.14. The van der Waals surface area contributed by atoms with Crippen LogP contribution in [0.1, 0.15) is 19.8 Å². The molecule has 0 aliphatic carbocycles. The van der Waals surface area contributed by atoms with E-state index in [0.29, 0.717) is 6.61 Å². The van der Waals surface area contributed by atoms with Gasteiger partial charge in [-0.3, -0.25) is 0 Å². The van der Waals surface area contributed by atoms with E-state index in [4.69, 9.17) is 0 Å². The van der Waals surface area contributed by atoms with Gasteiger partial charge < -0.3 is 10.5 Å². The molecule has 1 aromatic rings. The molecule has 6 nitrogen and oxygen atoms in total. The highest BCUT2D eigenvalue weighted by Gasteiger charge is 1.88. The van der Waals surface area contributed by atoms with Gasteiger partial charge in [0.1, 0.15) is 19.0 Å². The van der Waals surface area contributed by atoms with Crippen LogP contribution in [0.25, 0.3) is 0 Å². The Labute approximate surface area is 82.5 Å². The Morgan fingerprint density at radius 1 is 1.29 bits per heavy atom. The van der Waals surface area contributed by atoms with Crippen LogP contribution in [0.15, 0.2) is 19.0 Å². The zero-order chi connectivity index (χ0) is 10.6. The van der Waals surface area contributed by atoms with Gasteiger partial charge in [-0.15, -0.1) is 0 Å². The molecule has 0 aliphatic rings. The number of primary amides is 1. The monoisotopic (exact) mass is 198 g/mol. The number of amides is 1. The Morgan fingerprint density at radius 2 is 1.79 bits per heavy atom. The van der Waals surface area contributed by atoms with Gasteiger partial charge in [0, 0.05) is 0 Å². The lowest BCUT2D eigenvalue weighted by Gasteiger charge is -1.95. The first kappa shape index (κ1) is 12.3. The Bertz CT molecular complexity index is 203. The quantitative estimate of drug-likeness (QED) is 0.724. The number of carbonyl (C=O) groups excluding carboxylic acids is 1. The first-order valence-corrected chi connectivity index (χ1v) is 4.24. The lowest BCUT2D eigenvalue weighted by molar-refractivity contribution is 0.155. The molecule has 78 valence electrons. The molecule has 0 aromatic carbocycles. The zero-order valence-corrected chi connectivity index (χ0v) is 8.09. The number of hydrogen-bond acceptors (Lipinski definition) is 5. The van der Waals surface area contributed by atoms with Gasteiger partial charge in [0.05, 0.1) is 6.61 Å². The van der Waals surface area contributed by atoms with Crippen molar-refractivity contribution >= 4 is 6.09 Å². The second kappa shape index (κ2) is 9.37. The van der Waals surface area contributed by atoms with Crippen molar-refractivity contribution in [2.24, 2.45) is 5.73 Å². The standard InChI is InChI=1S/C5H11NO2.C3H3N3/c1-2-3-4-8-5(6)7;1-4-2-6-3-5-1/h2-4H2,1H3,(H2,6,7);1-3H.